The first-order valence-electron chi connectivity index (χ1n) is 10.8. The van der Waals surface area contributed by atoms with Crippen LogP contribution in [0, 0.1) is 0 Å². The maximum atomic E-state index is 13.4. The summed E-state index contributed by atoms with van der Waals surface area (Å²) in [4.78, 5) is 12.1. The van der Waals surface area contributed by atoms with Gasteiger partial charge in [0.1, 0.15) is 12.4 Å². The Labute approximate surface area is 190 Å². The van der Waals surface area contributed by atoms with Gasteiger partial charge in [-0.15, -0.1) is 0 Å². The number of halogens is 3. The normalized spacial score (nSPS) is 16.7. The molecule has 0 saturated carbocycles. The first kappa shape index (κ1) is 23.1. The largest absolute Gasteiger partial charge is 0.488 e. The van der Waals surface area contributed by atoms with Crippen LogP contribution in [0.5, 0.6) is 5.75 Å². The molecule has 0 spiro atoms. The van der Waals surface area contributed by atoms with E-state index in [2.05, 4.69) is 10.6 Å². The molecule has 0 amide bonds. The van der Waals surface area contributed by atoms with Crippen LogP contribution in [0.15, 0.2) is 48.6 Å². The zero-order valence-corrected chi connectivity index (χ0v) is 18.0. The monoisotopic (exact) mass is 458 g/mol. The zero-order chi connectivity index (χ0) is 23.4. The molecule has 0 fully saturated rings. The summed E-state index contributed by atoms with van der Waals surface area (Å²) >= 11 is 0. The van der Waals surface area contributed by atoms with E-state index >= 15 is 0 Å². The van der Waals surface area contributed by atoms with Crippen LogP contribution in [0.2, 0.25) is 0 Å². The maximum Gasteiger partial charge on any atom is 0.419 e. The second kappa shape index (κ2) is 9.80. The minimum Gasteiger partial charge on any atom is -0.488 e. The smallest absolute Gasteiger partial charge is 0.419 e. The molecule has 174 valence electrons. The lowest BCUT2D eigenvalue weighted by Crippen LogP contribution is -2.23. The summed E-state index contributed by atoms with van der Waals surface area (Å²) in [7, 11) is 0. The van der Waals surface area contributed by atoms with E-state index in [9.17, 15) is 23.1 Å². The van der Waals surface area contributed by atoms with Crippen molar-refractivity contribution in [1.82, 2.24) is 10.6 Å². The highest BCUT2D eigenvalue weighted by atomic mass is 19.4. The molecular weight excluding hydrogens is 433 g/mol. The lowest BCUT2D eigenvalue weighted by molar-refractivity contribution is -0.139. The summed E-state index contributed by atoms with van der Waals surface area (Å²) < 4.78 is 45.9. The number of carboxylic acid groups (broad SMARTS) is 1. The highest BCUT2D eigenvalue weighted by molar-refractivity contribution is 5.98. The van der Waals surface area contributed by atoms with Gasteiger partial charge >= 0.3 is 12.1 Å². The van der Waals surface area contributed by atoms with E-state index in [0.29, 0.717) is 37.1 Å². The van der Waals surface area contributed by atoms with E-state index in [1.807, 2.05) is 12.2 Å². The Morgan fingerprint density at radius 1 is 0.939 bits per heavy atom. The zero-order valence-electron chi connectivity index (χ0n) is 18.0. The van der Waals surface area contributed by atoms with Gasteiger partial charge in [0.25, 0.3) is 0 Å². The molecule has 8 heteroatoms. The van der Waals surface area contributed by atoms with E-state index in [4.69, 9.17) is 4.74 Å². The van der Waals surface area contributed by atoms with Crippen LogP contribution in [0.25, 0.3) is 11.1 Å². The van der Waals surface area contributed by atoms with Crippen LogP contribution in [0.3, 0.4) is 0 Å². The summed E-state index contributed by atoms with van der Waals surface area (Å²) in [5.41, 5.74) is 3.33. The van der Waals surface area contributed by atoms with Crippen LogP contribution in [0.1, 0.15) is 45.5 Å². The highest BCUT2D eigenvalue weighted by Gasteiger charge is 2.34. The maximum absolute atomic E-state index is 13.4. The van der Waals surface area contributed by atoms with Gasteiger partial charge in [-0.3, -0.25) is 0 Å². The minimum atomic E-state index is -4.53. The van der Waals surface area contributed by atoms with Gasteiger partial charge in [-0.25, -0.2) is 4.79 Å². The van der Waals surface area contributed by atoms with Crippen LogP contribution < -0.4 is 15.4 Å². The summed E-state index contributed by atoms with van der Waals surface area (Å²) in [5, 5.41) is 16.4. The van der Waals surface area contributed by atoms with Gasteiger partial charge in [-0.1, -0.05) is 30.4 Å². The number of aromatic carboxylic acids is 1. The third-order valence-electron chi connectivity index (χ3n) is 5.87. The van der Waals surface area contributed by atoms with Gasteiger partial charge < -0.3 is 20.5 Å². The SMILES string of the molecule is O=C(O)c1ccc(COc2ccccc2C(F)(F)F)c(C2=CCNCC2)c1C1=CCNCC1. The Kier molecular flexibility index (Phi) is 6.85. The molecule has 0 radical (unpaired) electrons. The molecule has 5 nitrogen and oxygen atoms in total. The summed E-state index contributed by atoms with van der Waals surface area (Å²) in [6, 6.07) is 8.30. The fraction of sp³-hybridized carbons (Fsp3) is 0.320. The number of rotatable bonds is 6. The van der Waals surface area contributed by atoms with E-state index in [1.165, 1.54) is 24.3 Å². The average molecular weight is 458 g/mol. The fourth-order valence-corrected chi connectivity index (χ4v) is 4.33. The number of alkyl halides is 3. The molecule has 0 bridgehead atoms. The van der Waals surface area contributed by atoms with Crippen LogP contribution >= 0.6 is 0 Å². The molecule has 2 aliphatic rings. The second-order valence-electron chi connectivity index (χ2n) is 7.98. The van der Waals surface area contributed by atoms with Crippen molar-refractivity contribution in [3.05, 3.63) is 76.4 Å². The van der Waals surface area contributed by atoms with E-state index in [0.717, 1.165) is 35.9 Å². The number of carboxylic acids is 1. The van der Waals surface area contributed by atoms with Crippen molar-refractivity contribution in [2.24, 2.45) is 0 Å². The molecule has 2 aliphatic heterocycles. The van der Waals surface area contributed by atoms with Crippen molar-refractivity contribution in [3.8, 4) is 5.75 Å². The van der Waals surface area contributed by atoms with Crippen molar-refractivity contribution in [2.75, 3.05) is 26.2 Å². The Balaban J connectivity index is 1.81. The molecule has 0 atom stereocenters. The number of hydrogen-bond donors (Lipinski definition) is 3. The van der Waals surface area contributed by atoms with Gasteiger partial charge in [0.2, 0.25) is 0 Å². The molecule has 33 heavy (non-hydrogen) atoms. The predicted octanol–water partition coefficient (Wildman–Crippen LogP) is 4.74. The number of benzene rings is 2. The number of para-hydroxylation sites is 1. The minimum absolute atomic E-state index is 0.106. The number of nitrogens with one attached hydrogen (secondary N) is 2. The molecule has 0 aromatic heterocycles. The fourth-order valence-electron chi connectivity index (χ4n) is 4.33. The summed E-state index contributed by atoms with van der Waals surface area (Å²) in [5.74, 6) is -1.28. The molecule has 3 N–H and O–H groups in total. The molecule has 4 rings (SSSR count). The third-order valence-corrected chi connectivity index (χ3v) is 5.87. The lowest BCUT2D eigenvalue weighted by atomic mass is 9.83. The first-order chi connectivity index (χ1) is 15.9. The van der Waals surface area contributed by atoms with Gasteiger partial charge in [0, 0.05) is 13.1 Å². The average Bonchev–Trinajstić information content (AvgIpc) is 2.82. The lowest BCUT2D eigenvalue weighted by Gasteiger charge is -2.25. The van der Waals surface area contributed by atoms with Crippen molar-refractivity contribution in [1.29, 1.82) is 0 Å². The Hall–Kier alpha value is -3.10. The van der Waals surface area contributed by atoms with E-state index in [-0.39, 0.29) is 17.9 Å². The second-order valence-corrected chi connectivity index (χ2v) is 7.98. The highest BCUT2D eigenvalue weighted by Crippen LogP contribution is 2.39. The molecule has 2 aromatic rings. The number of ether oxygens (including phenoxy) is 1. The van der Waals surface area contributed by atoms with Crippen LogP contribution in [0.4, 0.5) is 13.2 Å². The Bertz CT molecular complexity index is 1110. The number of hydrogen-bond acceptors (Lipinski definition) is 4. The number of carbonyl (C=O) groups is 1. The van der Waals surface area contributed by atoms with Crippen molar-refractivity contribution < 1.29 is 27.8 Å². The van der Waals surface area contributed by atoms with Gasteiger partial charge in [0.05, 0.1) is 11.1 Å². The van der Waals surface area contributed by atoms with Crippen LogP contribution in [-0.2, 0) is 12.8 Å². The third kappa shape index (κ3) is 5.12. The predicted molar refractivity (Wildman–Crippen MR) is 120 cm³/mol. The first-order valence-corrected chi connectivity index (χ1v) is 10.8. The molecule has 0 saturated heterocycles. The molecule has 0 aliphatic carbocycles. The van der Waals surface area contributed by atoms with E-state index < -0.39 is 17.7 Å². The molecule has 2 aromatic carbocycles. The topological polar surface area (TPSA) is 70.6 Å². The molecule has 2 heterocycles. The quantitative estimate of drug-likeness (QED) is 0.584. The summed E-state index contributed by atoms with van der Waals surface area (Å²) in [6.07, 6.45) is 0.825. The van der Waals surface area contributed by atoms with Crippen molar-refractivity contribution in [2.45, 2.75) is 25.6 Å². The van der Waals surface area contributed by atoms with Crippen molar-refractivity contribution >= 4 is 17.1 Å². The Morgan fingerprint density at radius 2 is 1.58 bits per heavy atom. The Morgan fingerprint density at radius 3 is 2.15 bits per heavy atom. The van der Waals surface area contributed by atoms with Gasteiger partial charge in [0.15, 0.2) is 0 Å². The van der Waals surface area contributed by atoms with Crippen molar-refractivity contribution in [3.63, 3.8) is 0 Å². The molecule has 0 unspecified atom stereocenters. The standard InChI is InChI=1S/C25H25F3N2O3/c26-25(27,28)20-3-1-2-4-21(20)33-15-18-5-6-19(24(31)32)23(17-9-13-30-14-10-17)22(18)16-7-11-29-12-8-16/h1-7,9,29-30H,8,10-15H2,(H,31,32). The van der Waals surface area contributed by atoms with E-state index in [1.54, 1.807) is 6.07 Å². The molecular formula is C25H25F3N2O3. The van der Waals surface area contributed by atoms with Crippen LogP contribution in [-0.4, -0.2) is 37.3 Å². The van der Waals surface area contributed by atoms with Gasteiger partial charge in [-0.2, -0.15) is 13.2 Å². The van der Waals surface area contributed by atoms with Gasteiger partial charge in [-0.05, 0) is 72.0 Å². The summed E-state index contributed by atoms with van der Waals surface area (Å²) in [6.45, 7) is 2.63.